The number of ether oxygens (including phenoxy) is 1. The van der Waals surface area contributed by atoms with Crippen LogP contribution in [0.15, 0.2) is 42.2 Å². The molecule has 1 spiro atoms. The highest BCUT2D eigenvalue weighted by Crippen LogP contribution is 2.43. The van der Waals surface area contributed by atoms with E-state index in [1.807, 2.05) is 36.1 Å². The molecule has 2 aromatic heterocycles. The number of esters is 1. The van der Waals surface area contributed by atoms with Gasteiger partial charge >= 0.3 is 5.97 Å². The minimum absolute atomic E-state index is 0.00850. The Morgan fingerprint density at radius 1 is 1.27 bits per heavy atom. The number of rotatable bonds is 4. The Labute approximate surface area is 178 Å². The van der Waals surface area contributed by atoms with Crippen LogP contribution in [0.4, 0.5) is 0 Å². The highest BCUT2D eigenvalue weighted by Gasteiger charge is 2.50. The number of hydrogen-bond acceptors (Lipinski definition) is 7. The van der Waals surface area contributed by atoms with Crippen molar-refractivity contribution in [1.29, 1.82) is 0 Å². The molecule has 5 rings (SSSR count). The molecule has 1 atom stereocenters. The van der Waals surface area contributed by atoms with E-state index in [9.17, 15) is 4.79 Å². The minimum atomic E-state index is -0.305. The standard InChI is InChI=1S/C20H22N4O2S.CH2O2/c25-19-20(5-8-23(9-6-20)13-18-21-7-10-27-18)11-15(26-19)12-24-14-22-16-3-1-2-4-17(16)24;2-1-3/h1-4,7,10,14-15H,5-6,8-9,11-13H2;1H,(H,2,3). The van der Waals surface area contributed by atoms with Crippen molar-refractivity contribution in [2.24, 2.45) is 5.41 Å². The fourth-order valence-corrected chi connectivity index (χ4v) is 5.04. The van der Waals surface area contributed by atoms with E-state index in [0.29, 0.717) is 6.54 Å². The Balaban J connectivity index is 0.000000687. The Morgan fingerprint density at radius 3 is 2.77 bits per heavy atom. The molecule has 2 fully saturated rings. The lowest BCUT2D eigenvalue weighted by Crippen LogP contribution is -2.42. The van der Waals surface area contributed by atoms with E-state index < -0.39 is 0 Å². The van der Waals surface area contributed by atoms with Gasteiger partial charge in [0.2, 0.25) is 0 Å². The van der Waals surface area contributed by atoms with Gasteiger partial charge in [-0.1, -0.05) is 12.1 Å². The van der Waals surface area contributed by atoms with E-state index in [4.69, 9.17) is 14.6 Å². The quantitative estimate of drug-likeness (QED) is 0.504. The molecule has 0 radical (unpaired) electrons. The average Bonchev–Trinajstić information content (AvgIpc) is 3.46. The summed E-state index contributed by atoms with van der Waals surface area (Å²) in [5.74, 6) is -0.00850. The summed E-state index contributed by atoms with van der Waals surface area (Å²) in [4.78, 5) is 32.3. The first-order chi connectivity index (χ1) is 14.6. The average molecular weight is 429 g/mol. The minimum Gasteiger partial charge on any atom is -0.483 e. The van der Waals surface area contributed by atoms with Gasteiger partial charge < -0.3 is 14.4 Å². The molecular weight excluding hydrogens is 404 g/mol. The van der Waals surface area contributed by atoms with Gasteiger partial charge in [0.05, 0.1) is 35.9 Å². The van der Waals surface area contributed by atoms with Crippen molar-refractivity contribution in [2.75, 3.05) is 13.1 Å². The van der Waals surface area contributed by atoms with Crippen LogP contribution < -0.4 is 0 Å². The topological polar surface area (TPSA) is 97.6 Å². The van der Waals surface area contributed by atoms with Gasteiger partial charge in [0.25, 0.3) is 6.47 Å². The molecule has 0 bridgehead atoms. The summed E-state index contributed by atoms with van der Waals surface area (Å²) >= 11 is 1.69. The normalized spacial score (nSPS) is 20.7. The van der Waals surface area contributed by atoms with Crippen LogP contribution in [-0.4, -0.2) is 56.2 Å². The van der Waals surface area contributed by atoms with E-state index in [1.165, 1.54) is 0 Å². The lowest BCUT2D eigenvalue weighted by molar-refractivity contribution is -0.151. The Morgan fingerprint density at radius 2 is 2.03 bits per heavy atom. The third-order valence-corrected chi connectivity index (χ3v) is 6.67. The van der Waals surface area contributed by atoms with Gasteiger partial charge in [-0.15, -0.1) is 11.3 Å². The molecule has 8 nitrogen and oxygen atoms in total. The number of carbonyl (C=O) groups is 2. The van der Waals surface area contributed by atoms with E-state index >= 15 is 0 Å². The number of piperidine rings is 1. The van der Waals surface area contributed by atoms with Gasteiger partial charge in [-0.05, 0) is 38.1 Å². The Bertz CT molecular complexity index is 996. The molecule has 9 heteroatoms. The second kappa shape index (κ2) is 8.93. The van der Waals surface area contributed by atoms with Crippen LogP contribution in [0.3, 0.4) is 0 Å². The zero-order chi connectivity index (χ0) is 21.0. The fourth-order valence-electron chi connectivity index (χ4n) is 4.38. The molecule has 30 heavy (non-hydrogen) atoms. The van der Waals surface area contributed by atoms with Crippen LogP contribution in [0.2, 0.25) is 0 Å². The van der Waals surface area contributed by atoms with Crippen molar-refractivity contribution in [2.45, 2.75) is 38.5 Å². The zero-order valence-electron chi connectivity index (χ0n) is 16.5. The number of imidazole rings is 1. The maximum atomic E-state index is 12.7. The second-order valence-corrected chi connectivity index (χ2v) is 8.68. The largest absolute Gasteiger partial charge is 0.483 e. The predicted octanol–water partition coefficient (Wildman–Crippen LogP) is 2.79. The summed E-state index contributed by atoms with van der Waals surface area (Å²) < 4.78 is 7.90. The maximum absolute atomic E-state index is 12.7. The lowest BCUT2D eigenvalue weighted by atomic mass is 9.76. The first-order valence-corrected chi connectivity index (χ1v) is 10.8. The van der Waals surface area contributed by atoms with Crippen molar-refractivity contribution in [3.63, 3.8) is 0 Å². The molecule has 1 N–H and O–H groups in total. The molecule has 0 aliphatic carbocycles. The number of hydrogen-bond donors (Lipinski definition) is 1. The molecule has 158 valence electrons. The maximum Gasteiger partial charge on any atom is 0.312 e. The third kappa shape index (κ3) is 4.22. The number of carboxylic acid groups (broad SMARTS) is 1. The molecule has 0 saturated carbocycles. The van der Waals surface area contributed by atoms with E-state index in [2.05, 4.69) is 25.5 Å². The van der Waals surface area contributed by atoms with Crippen LogP contribution in [-0.2, 0) is 27.4 Å². The highest BCUT2D eigenvalue weighted by molar-refractivity contribution is 7.09. The number of cyclic esters (lactones) is 1. The summed E-state index contributed by atoms with van der Waals surface area (Å²) in [7, 11) is 0. The second-order valence-electron chi connectivity index (χ2n) is 7.70. The summed E-state index contributed by atoms with van der Waals surface area (Å²) in [5, 5.41) is 10.0. The number of aromatic nitrogens is 3. The number of nitrogens with zero attached hydrogens (tertiary/aromatic N) is 4. The van der Waals surface area contributed by atoms with Crippen LogP contribution in [0.1, 0.15) is 24.3 Å². The van der Waals surface area contributed by atoms with Gasteiger partial charge in [-0.2, -0.15) is 0 Å². The van der Waals surface area contributed by atoms with Crippen LogP contribution >= 0.6 is 11.3 Å². The number of carbonyl (C=O) groups excluding carboxylic acids is 1. The summed E-state index contributed by atoms with van der Waals surface area (Å²) in [6.07, 6.45) is 6.19. The zero-order valence-corrected chi connectivity index (χ0v) is 17.3. The summed E-state index contributed by atoms with van der Waals surface area (Å²) in [6, 6.07) is 8.07. The van der Waals surface area contributed by atoms with Gasteiger partial charge in [0.15, 0.2) is 0 Å². The molecule has 1 unspecified atom stereocenters. The van der Waals surface area contributed by atoms with E-state index in [1.54, 1.807) is 11.3 Å². The smallest absolute Gasteiger partial charge is 0.312 e. The first-order valence-electron chi connectivity index (χ1n) is 9.93. The highest BCUT2D eigenvalue weighted by atomic mass is 32.1. The number of para-hydroxylation sites is 2. The SMILES string of the molecule is O=C1OC(Cn2cnc3ccccc32)CC12CCN(Cc1nccs1)CC2.O=CO. The molecule has 2 saturated heterocycles. The van der Waals surface area contributed by atoms with Crippen molar-refractivity contribution in [3.05, 3.63) is 47.2 Å². The van der Waals surface area contributed by atoms with Crippen LogP contribution in [0.5, 0.6) is 0 Å². The van der Waals surface area contributed by atoms with Gasteiger partial charge in [-0.3, -0.25) is 14.5 Å². The fraction of sp³-hybridized carbons (Fsp3) is 0.429. The number of likely N-dealkylation sites (tertiary alicyclic amines) is 1. The number of benzene rings is 1. The number of thiazole rings is 1. The van der Waals surface area contributed by atoms with Crippen LogP contribution in [0, 0.1) is 5.41 Å². The van der Waals surface area contributed by atoms with Gasteiger partial charge in [0, 0.05) is 18.0 Å². The lowest BCUT2D eigenvalue weighted by Gasteiger charge is -2.36. The third-order valence-electron chi connectivity index (χ3n) is 5.91. The van der Waals surface area contributed by atoms with E-state index in [-0.39, 0.29) is 24.0 Å². The first kappa shape index (κ1) is 20.5. The van der Waals surface area contributed by atoms with E-state index in [0.717, 1.165) is 54.9 Å². The molecule has 2 aliphatic heterocycles. The summed E-state index contributed by atoms with van der Waals surface area (Å²) in [6.45, 7) is 3.16. The molecule has 1 aromatic carbocycles. The van der Waals surface area contributed by atoms with Crippen molar-refractivity contribution < 1.29 is 19.4 Å². The molecule has 4 heterocycles. The monoisotopic (exact) mass is 428 g/mol. The Kier molecular flexibility index (Phi) is 6.10. The van der Waals surface area contributed by atoms with Crippen molar-refractivity contribution >= 4 is 34.8 Å². The van der Waals surface area contributed by atoms with Gasteiger partial charge in [0.1, 0.15) is 11.1 Å². The Hall–Kier alpha value is -2.78. The van der Waals surface area contributed by atoms with Crippen LogP contribution in [0.25, 0.3) is 11.0 Å². The molecular formula is C21H24N4O4S. The molecule has 2 aliphatic rings. The van der Waals surface area contributed by atoms with Gasteiger partial charge in [-0.25, -0.2) is 9.97 Å². The van der Waals surface area contributed by atoms with Crippen molar-refractivity contribution in [3.8, 4) is 0 Å². The molecule has 3 aromatic rings. The number of fused-ring (bicyclic) bond motifs is 1. The van der Waals surface area contributed by atoms with Crippen molar-refractivity contribution in [1.82, 2.24) is 19.4 Å². The summed E-state index contributed by atoms with van der Waals surface area (Å²) in [5.41, 5.74) is 1.76. The predicted molar refractivity (Wildman–Crippen MR) is 112 cm³/mol. The molecule has 0 amide bonds.